The van der Waals surface area contributed by atoms with Gasteiger partial charge in [-0.15, -0.1) is 22.9 Å². The van der Waals surface area contributed by atoms with Crippen molar-refractivity contribution in [2.75, 3.05) is 7.11 Å². The minimum atomic E-state index is -0.246. The van der Waals surface area contributed by atoms with Crippen LogP contribution in [0.4, 0.5) is 0 Å². The largest absolute Gasteiger partial charge is 0.465 e. The van der Waals surface area contributed by atoms with Gasteiger partial charge in [-0.05, 0) is 93.6 Å². The Labute approximate surface area is 190 Å². The molecule has 168 valence electrons. The van der Waals surface area contributed by atoms with E-state index < -0.39 is 0 Å². The SMILES string of the molecule is CCC1(C(O)CC/C=C/C2C(CCCc3ccc(C(=O)OC)s3)CC[C@H]2Cl)CCC1. The van der Waals surface area contributed by atoms with E-state index in [0.717, 1.165) is 38.5 Å². The molecule has 3 rings (SSSR count). The molecular formula is C25H37ClO3S. The van der Waals surface area contributed by atoms with Crippen LogP contribution < -0.4 is 0 Å². The maximum atomic E-state index is 11.6. The van der Waals surface area contributed by atoms with E-state index in [1.54, 1.807) is 11.3 Å². The minimum absolute atomic E-state index is 0.159. The van der Waals surface area contributed by atoms with Gasteiger partial charge >= 0.3 is 5.97 Å². The fourth-order valence-electron chi connectivity index (χ4n) is 5.30. The summed E-state index contributed by atoms with van der Waals surface area (Å²) in [4.78, 5) is 13.5. The van der Waals surface area contributed by atoms with Crippen LogP contribution in [0.25, 0.3) is 0 Å². The van der Waals surface area contributed by atoms with Crippen LogP contribution in [0.15, 0.2) is 24.3 Å². The molecule has 3 nitrogen and oxygen atoms in total. The van der Waals surface area contributed by atoms with Gasteiger partial charge in [-0.3, -0.25) is 0 Å². The predicted molar refractivity (Wildman–Crippen MR) is 125 cm³/mol. The highest BCUT2D eigenvalue weighted by Gasteiger charge is 2.41. The van der Waals surface area contributed by atoms with Crippen LogP contribution in [0, 0.1) is 17.3 Å². The Balaban J connectivity index is 1.42. The number of thiophene rings is 1. The first-order valence-electron chi connectivity index (χ1n) is 11.6. The molecule has 1 aromatic heterocycles. The van der Waals surface area contributed by atoms with E-state index in [1.165, 1.54) is 44.1 Å². The summed E-state index contributed by atoms with van der Waals surface area (Å²) < 4.78 is 4.79. The second-order valence-electron chi connectivity index (χ2n) is 9.17. The molecule has 0 aromatic carbocycles. The van der Waals surface area contributed by atoms with Gasteiger partial charge in [-0.2, -0.15) is 0 Å². The Morgan fingerprint density at radius 2 is 2.20 bits per heavy atom. The molecular weight excluding hydrogens is 416 g/mol. The molecule has 1 heterocycles. The number of aliphatic hydroxyl groups excluding tert-OH is 1. The first-order chi connectivity index (χ1) is 14.5. The molecule has 2 saturated carbocycles. The van der Waals surface area contributed by atoms with Crippen LogP contribution in [0.3, 0.4) is 0 Å². The third-order valence-electron chi connectivity index (χ3n) is 7.55. The number of rotatable bonds is 11. The Morgan fingerprint density at radius 1 is 1.40 bits per heavy atom. The van der Waals surface area contributed by atoms with Crippen LogP contribution in [0.5, 0.6) is 0 Å². The Kier molecular flexibility index (Phi) is 8.85. The van der Waals surface area contributed by atoms with Crippen LogP contribution in [-0.4, -0.2) is 29.7 Å². The van der Waals surface area contributed by atoms with Crippen molar-refractivity contribution in [1.82, 2.24) is 0 Å². The van der Waals surface area contributed by atoms with Crippen molar-refractivity contribution in [2.45, 2.75) is 89.0 Å². The average Bonchev–Trinajstić information content (AvgIpc) is 3.32. The van der Waals surface area contributed by atoms with Crippen LogP contribution >= 0.6 is 22.9 Å². The topological polar surface area (TPSA) is 46.5 Å². The zero-order chi connectivity index (χ0) is 21.6. The molecule has 1 aromatic rings. The molecule has 30 heavy (non-hydrogen) atoms. The zero-order valence-corrected chi connectivity index (χ0v) is 20.0. The van der Waals surface area contributed by atoms with Gasteiger partial charge in [-0.1, -0.05) is 25.5 Å². The molecule has 1 N–H and O–H groups in total. The highest BCUT2D eigenvalue weighted by Crippen LogP contribution is 2.48. The third kappa shape index (κ3) is 5.69. The van der Waals surface area contributed by atoms with E-state index in [0.29, 0.717) is 16.7 Å². The third-order valence-corrected chi connectivity index (χ3v) is 9.18. The number of ether oxygens (including phenoxy) is 1. The van der Waals surface area contributed by atoms with E-state index in [1.807, 2.05) is 12.1 Å². The number of allylic oxidation sites excluding steroid dienone is 2. The van der Waals surface area contributed by atoms with Crippen molar-refractivity contribution in [3.63, 3.8) is 0 Å². The van der Waals surface area contributed by atoms with Crippen LogP contribution in [0.2, 0.25) is 0 Å². The predicted octanol–water partition coefficient (Wildman–Crippen LogP) is 6.77. The summed E-state index contributed by atoms with van der Waals surface area (Å²) in [5, 5.41) is 10.8. The van der Waals surface area contributed by atoms with E-state index in [4.69, 9.17) is 16.3 Å². The number of aryl methyl sites for hydroxylation is 1. The van der Waals surface area contributed by atoms with E-state index in [2.05, 4.69) is 19.1 Å². The summed E-state index contributed by atoms with van der Waals surface area (Å²) >= 11 is 8.18. The van der Waals surface area contributed by atoms with Gasteiger partial charge in [-0.25, -0.2) is 4.79 Å². The Bertz CT molecular complexity index is 703. The van der Waals surface area contributed by atoms with E-state index >= 15 is 0 Å². The number of hydrogen-bond donors (Lipinski definition) is 1. The smallest absolute Gasteiger partial charge is 0.348 e. The average molecular weight is 453 g/mol. The first-order valence-corrected chi connectivity index (χ1v) is 12.9. The second kappa shape index (κ2) is 11.2. The zero-order valence-electron chi connectivity index (χ0n) is 18.4. The summed E-state index contributed by atoms with van der Waals surface area (Å²) in [7, 11) is 1.42. The monoisotopic (exact) mass is 452 g/mol. The van der Waals surface area contributed by atoms with Gasteiger partial charge in [0, 0.05) is 10.3 Å². The molecule has 5 heteroatoms. The number of esters is 1. The second-order valence-corrected chi connectivity index (χ2v) is 10.9. The maximum Gasteiger partial charge on any atom is 0.348 e. The number of hydrogen-bond acceptors (Lipinski definition) is 4. The quantitative estimate of drug-likeness (QED) is 0.229. The lowest BCUT2D eigenvalue weighted by molar-refractivity contribution is -0.0414. The molecule has 2 fully saturated rings. The van der Waals surface area contributed by atoms with Gasteiger partial charge in [0.25, 0.3) is 0 Å². The number of alkyl halides is 1. The molecule has 0 bridgehead atoms. The van der Waals surface area contributed by atoms with E-state index in [-0.39, 0.29) is 22.9 Å². The standard InChI is InChI=1S/C25H37ClO3S/c1-3-25(16-7-17-25)23(27)11-5-4-10-20-18(12-14-21(20)26)8-6-9-19-13-15-22(30-19)24(28)29-2/h4,10,13,15,18,20-21,23,27H,3,5-9,11-12,14,16-17H2,1-2H3/b10-4+/t18?,20?,21-,23?/m1/s1. The molecule has 0 amide bonds. The lowest BCUT2D eigenvalue weighted by Gasteiger charge is -2.45. The molecule has 0 spiro atoms. The van der Waals surface area contributed by atoms with Crippen molar-refractivity contribution in [1.29, 1.82) is 0 Å². The highest BCUT2D eigenvalue weighted by atomic mass is 35.5. The number of halogens is 1. The van der Waals surface area contributed by atoms with Crippen LogP contribution in [-0.2, 0) is 11.2 Å². The molecule has 0 saturated heterocycles. The highest BCUT2D eigenvalue weighted by molar-refractivity contribution is 7.13. The summed E-state index contributed by atoms with van der Waals surface area (Å²) in [5.41, 5.74) is 0.203. The Hall–Kier alpha value is -0.840. The summed E-state index contributed by atoms with van der Waals surface area (Å²) in [6.45, 7) is 2.21. The van der Waals surface area contributed by atoms with Gasteiger partial charge < -0.3 is 9.84 Å². The summed E-state index contributed by atoms with van der Waals surface area (Å²) in [5.74, 6) is 0.841. The van der Waals surface area contributed by atoms with Gasteiger partial charge in [0.2, 0.25) is 0 Å². The molecule has 0 aliphatic heterocycles. The molecule has 2 aliphatic carbocycles. The van der Waals surface area contributed by atoms with Gasteiger partial charge in [0.15, 0.2) is 0 Å². The normalized spacial score (nSPS) is 26.6. The lowest BCUT2D eigenvalue weighted by Crippen LogP contribution is -2.40. The van der Waals surface area contributed by atoms with Crippen molar-refractivity contribution in [3.8, 4) is 0 Å². The van der Waals surface area contributed by atoms with Gasteiger partial charge in [0.1, 0.15) is 4.88 Å². The number of carbonyl (C=O) groups excluding carboxylic acids is 1. The lowest BCUT2D eigenvalue weighted by atomic mass is 9.62. The van der Waals surface area contributed by atoms with Crippen molar-refractivity contribution in [2.24, 2.45) is 17.3 Å². The van der Waals surface area contributed by atoms with Crippen LogP contribution in [0.1, 0.15) is 85.7 Å². The molecule has 0 radical (unpaired) electrons. The number of methoxy groups -OCH3 is 1. The molecule has 3 unspecified atom stereocenters. The Morgan fingerprint density at radius 3 is 2.87 bits per heavy atom. The maximum absolute atomic E-state index is 11.6. The van der Waals surface area contributed by atoms with E-state index in [9.17, 15) is 9.90 Å². The fourth-order valence-corrected chi connectivity index (χ4v) is 6.68. The number of carbonyl (C=O) groups is 1. The molecule has 4 atom stereocenters. The fraction of sp³-hybridized carbons (Fsp3) is 0.720. The van der Waals surface area contributed by atoms with Gasteiger partial charge in [0.05, 0.1) is 13.2 Å². The van der Waals surface area contributed by atoms with Crippen molar-refractivity contribution in [3.05, 3.63) is 34.0 Å². The first kappa shape index (κ1) is 23.8. The summed E-state index contributed by atoms with van der Waals surface area (Å²) in [6.07, 6.45) is 16.6. The number of aliphatic hydroxyl groups is 1. The van der Waals surface area contributed by atoms with Crippen molar-refractivity contribution >= 4 is 28.9 Å². The van der Waals surface area contributed by atoms with Crippen molar-refractivity contribution < 1.29 is 14.6 Å². The minimum Gasteiger partial charge on any atom is -0.465 e. The molecule has 2 aliphatic rings. The summed E-state index contributed by atoms with van der Waals surface area (Å²) in [6, 6.07) is 3.91.